The Morgan fingerprint density at radius 2 is 1.76 bits per heavy atom. The summed E-state index contributed by atoms with van der Waals surface area (Å²) in [7, 11) is 0.600. The number of hydrogen-bond acceptors (Lipinski definition) is 9. The van der Waals surface area contributed by atoms with Crippen LogP contribution in [0.4, 0.5) is 5.69 Å². The fourth-order valence-corrected chi connectivity index (χ4v) is 5.83. The number of nitrogens with two attached hydrogens (primary N) is 1. The van der Waals surface area contributed by atoms with Gasteiger partial charge in [-0.25, -0.2) is 18.5 Å². The first-order valence-electron chi connectivity index (χ1n) is 11.6. The number of nitrogens with zero attached hydrogens (tertiary/aromatic N) is 2. The van der Waals surface area contributed by atoms with Gasteiger partial charge in [0.15, 0.2) is 11.5 Å². The molecule has 38 heavy (non-hydrogen) atoms. The van der Waals surface area contributed by atoms with Gasteiger partial charge in [0.25, 0.3) is 11.8 Å². The van der Waals surface area contributed by atoms with Crippen molar-refractivity contribution in [3.8, 4) is 17.2 Å². The van der Waals surface area contributed by atoms with Gasteiger partial charge in [-0.2, -0.15) is 0 Å². The third-order valence-corrected chi connectivity index (χ3v) is 8.16. The van der Waals surface area contributed by atoms with Crippen LogP contribution in [0, 0.1) is 0 Å². The SMILES string of the molecule is COc1ccc(C(=O)N2CCC(c3nc(C(=O)Nc4cccc(S(N)(=O)=O)c4)cs3)CC2)c(OC)c1OC. The minimum Gasteiger partial charge on any atom is -0.493 e. The van der Waals surface area contributed by atoms with Crippen molar-refractivity contribution in [1.29, 1.82) is 0 Å². The molecule has 1 aliphatic rings. The Hall–Kier alpha value is -3.68. The van der Waals surface area contributed by atoms with Crippen molar-refractivity contribution in [1.82, 2.24) is 9.88 Å². The quantitative estimate of drug-likeness (QED) is 0.427. The van der Waals surface area contributed by atoms with Crippen LogP contribution in [-0.2, 0) is 10.0 Å². The van der Waals surface area contributed by atoms with Crippen LogP contribution in [0.5, 0.6) is 17.2 Å². The van der Waals surface area contributed by atoms with E-state index in [-0.39, 0.29) is 22.4 Å². The maximum atomic E-state index is 13.3. The number of ether oxygens (including phenoxy) is 3. The van der Waals surface area contributed by atoms with Crippen molar-refractivity contribution >= 4 is 38.9 Å². The van der Waals surface area contributed by atoms with Gasteiger partial charge in [-0.3, -0.25) is 9.59 Å². The number of aromatic nitrogens is 1. The summed E-state index contributed by atoms with van der Waals surface area (Å²) < 4.78 is 39.3. The van der Waals surface area contributed by atoms with Gasteiger partial charge in [0.2, 0.25) is 15.8 Å². The van der Waals surface area contributed by atoms with Crippen LogP contribution in [0.3, 0.4) is 0 Å². The van der Waals surface area contributed by atoms with E-state index < -0.39 is 15.9 Å². The molecule has 11 nitrogen and oxygen atoms in total. The molecule has 0 spiro atoms. The Kier molecular flexibility index (Phi) is 8.19. The molecule has 0 saturated carbocycles. The van der Waals surface area contributed by atoms with Gasteiger partial charge in [-0.15, -0.1) is 11.3 Å². The van der Waals surface area contributed by atoms with Gasteiger partial charge in [-0.1, -0.05) is 6.07 Å². The average Bonchev–Trinajstić information content (AvgIpc) is 3.42. The summed E-state index contributed by atoms with van der Waals surface area (Å²) >= 11 is 1.38. The lowest BCUT2D eigenvalue weighted by Gasteiger charge is -2.31. The van der Waals surface area contributed by atoms with Gasteiger partial charge in [0.1, 0.15) is 5.69 Å². The summed E-state index contributed by atoms with van der Waals surface area (Å²) in [6.45, 7) is 1.03. The van der Waals surface area contributed by atoms with E-state index in [2.05, 4.69) is 10.3 Å². The number of hydrogen-bond donors (Lipinski definition) is 2. The molecule has 3 aromatic rings. The van der Waals surface area contributed by atoms with Gasteiger partial charge in [0, 0.05) is 30.1 Å². The highest BCUT2D eigenvalue weighted by Crippen LogP contribution is 2.41. The number of rotatable bonds is 8. The number of thiazole rings is 1. The topological polar surface area (TPSA) is 150 Å². The molecule has 1 aliphatic heterocycles. The molecule has 4 rings (SSSR count). The Bertz CT molecular complexity index is 1450. The number of sulfonamides is 1. The van der Waals surface area contributed by atoms with E-state index in [0.29, 0.717) is 54.4 Å². The second kappa shape index (κ2) is 11.4. The number of nitrogens with one attached hydrogen (secondary N) is 1. The fraction of sp³-hybridized carbons (Fsp3) is 0.320. The highest BCUT2D eigenvalue weighted by atomic mass is 32.2. The van der Waals surface area contributed by atoms with E-state index in [1.807, 2.05) is 0 Å². The van der Waals surface area contributed by atoms with Crippen LogP contribution in [0.25, 0.3) is 0 Å². The predicted octanol–water partition coefficient (Wildman–Crippen LogP) is 3.09. The molecule has 1 saturated heterocycles. The molecule has 1 fully saturated rings. The summed E-state index contributed by atoms with van der Waals surface area (Å²) in [5.74, 6) is 0.642. The van der Waals surface area contributed by atoms with Crippen molar-refractivity contribution in [2.75, 3.05) is 39.7 Å². The van der Waals surface area contributed by atoms with Crippen LogP contribution in [0.2, 0.25) is 0 Å². The smallest absolute Gasteiger partial charge is 0.275 e. The summed E-state index contributed by atoms with van der Waals surface area (Å²) in [6, 6.07) is 9.05. The largest absolute Gasteiger partial charge is 0.493 e. The summed E-state index contributed by atoms with van der Waals surface area (Å²) in [4.78, 5) is 32.2. The van der Waals surface area contributed by atoms with Gasteiger partial charge in [0.05, 0.1) is 36.8 Å². The van der Waals surface area contributed by atoms with E-state index in [9.17, 15) is 18.0 Å². The Morgan fingerprint density at radius 3 is 2.39 bits per heavy atom. The van der Waals surface area contributed by atoms with Crippen LogP contribution in [0.1, 0.15) is 44.6 Å². The zero-order chi connectivity index (χ0) is 27.4. The molecule has 3 N–H and O–H groups in total. The predicted molar refractivity (Wildman–Crippen MR) is 142 cm³/mol. The lowest BCUT2D eigenvalue weighted by molar-refractivity contribution is 0.0708. The van der Waals surface area contributed by atoms with E-state index in [0.717, 1.165) is 5.01 Å². The maximum absolute atomic E-state index is 13.3. The van der Waals surface area contributed by atoms with E-state index in [4.69, 9.17) is 19.3 Å². The normalized spacial score (nSPS) is 14.2. The Morgan fingerprint density at radius 1 is 1.05 bits per heavy atom. The average molecular weight is 561 g/mol. The lowest BCUT2D eigenvalue weighted by Crippen LogP contribution is -2.38. The van der Waals surface area contributed by atoms with Gasteiger partial charge in [-0.05, 0) is 43.2 Å². The molecule has 2 aromatic carbocycles. The first kappa shape index (κ1) is 27.4. The summed E-state index contributed by atoms with van der Waals surface area (Å²) in [6.07, 6.45) is 1.37. The highest BCUT2D eigenvalue weighted by molar-refractivity contribution is 7.89. The van der Waals surface area contributed by atoms with Crippen LogP contribution in [0.15, 0.2) is 46.7 Å². The van der Waals surface area contributed by atoms with Crippen molar-refractivity contribution in [3.05, 3.63) is 58.0 Å². The molecule has 0 radical (unpaired) electrons. The molecule has 0 unspecified atom stereocenters. The number of amides is 2. The minimum absolute atomic E-state index is 0.0960. The number of carbonyl (C=O) groups is 2. The first-order chi connectivity index (χ1) is 18.2. The zero-order valence-corrected chi connectivity index (χ0v) is 22.7. The van der Waals surface area contributed by atoms with E-state index in [1.54, 1.807) is 28.5 Å². The van der Waals surface area contributed by atoms with Crippen molar-refractivity contribution in [2.45, 2.75) is 23.7 Å². The number of piperidine rings is 1. The van der Waals surface area contributed by atoms with E-state index in [1.165, 1.54) is 50.9 Å². The molecule has 2 heterocycles. The van der Waals surface area contributed by atoms with Crippen molar-refractivity contribution < 1.29 is 32.2 Å². The maximum Gasteiger partial charge on any atom is 0.275 e. The summed E-state index contributed by atoms with van der Waals surface area (Å²) in [5.41, 5.74) is 0.927. The van der Waals surface area contributed by atoms with Crippen molar-refractivity contribution in [2.24, 2.45) is 5.14 Å². The first-order valence-corrected chi connectivity index (χ1v) is 14.1. The fourth-order valence-electron chi connectivity index (χ4n) is 4.29. The Labute approximate surface area is 224 Å². The Balaban J connectivity index is 1.40. The number of primary sulfonamides is 1. The van der Waals surface area contributed by atoms with E-state index >= 15 is 0 Å². The lowest BCUT2D eigenvalue weighted by atomic mass is 9.97. The number of anilines is 1. The van der Waals surface area contributed by atoms with Crippen LogP contribution >= 0.6 is 11.3 Å². The van der Waals surface area contributed by atoms with Gasteiger partial charge < -0.3 is 24.4 Å². The van der Waals surface area contributed by atoms with Gasteiger partial charge >= 0.3 is 0 Å². The third kappa shape index (κ3) is 5.74. The molecular formula is C25H28N4O7S2. The molecule has 0 atom stereocenters. The second-order valence-electron chi connectivity index (χ2n) is 8.55. The minimum atomic E-state index is -3.89. The highest BCUT2D eigenvalue weighted by Gasteiger charge is 2.30. The third-order valence-electron chi connectivity index (χ3n) is 6.24. The van der Waals surface area contributed by atoms with Crippen molar-refractivity contribution in [3.63, 3.8) is 0 Å². The molecule has 0 aliphatic carbocycles. The van der Waals surface area contributed by atoms with Crippen LogP contribution in [-0.4, -0.2) is 64.5 Å². The number of carbonyl (C=O) groups excluding carboxylic acids is 2. The molecule has 13 heteroatoms. The number of benzene rings is 2. The molecule has 0 bridgehead atoms. The monoisotopic (exact) mass is 560 g/mol. The summed E-state index contributed by atoms with van der Waals surface area (Å²) in [5, 5.41) is 10.3. The number of methoxy groups -OCH3 is 3. The molecule has 2 amide bonds. The molecule has 1 aromatic heterocycles. The number of likely N-dealkylation sites (tertiary alicyclic amines) is 1. The second-order valence-corrected chi connectivity index (χ2v) is 11.0. The zero-order valence-electron chi connectivity index (χ0n) is 21.1. The molecule has 202 valence electrons. The molecular weight excluding hydrogens is 532 g/mol. The standard InChI is InChI=1S/C25H28N4O7S2/c1-34-20-8-7-18(21(35-2)22(20)36-3)25(31)29-11-9-15(10-12-29)24-28-19(14-37-24)23(30)27-16-5-4-6-17(13-16)38(26,32)33/h4-8,13-15H,9-12H2,1-3H3,(H,27,30)(H2,26,32,33). The van der Waals surface area contributed by atoms with Crippen LogP contribution < -0.4 is 24.7 Å².